The molecular formula is C22H21FN4O2. The molecular weight excluding hydrogens is 371 g/mol. The van der Waals surface area contributed by atoms with E-state index in [1.807, 2.05) is 36.4 Å². The number of carbonyl (C=O) groups is 1. The summed E-state index contributed by atoms with van der Waals surface area (Å²) in [5, 5.41) is 0. The van der Waals surface area contributed by atoms with Crippen LogP contribution in [-0.2, 0) is 4.79 Å². The lowest BCUT2D eigenvalue weighted by Crippen LogP contribution is -2.50. The number of anilines is 1. The van der Waals surface area contributed by atoms with Crippen LogP contribution in [0, 0.1) is 5.82 Å². The van der Waals surface area contributed by atoms with Crippen LogP contribution >= 0.6 is 0 Å². The van der Waals surface area contributed by atoms with Crippen LogP contribution in [0.2, 0.25) is 0 Å². The minimum atomic E-state index is -0.333. The summed E-state index contributed by atoms with van der Waals surface area (Å²) in [6, 6.07) is 17.6. The molecule has 1 aromatic heterocycles. The largest absolute Gasteiger partial charge is 0.484 e. The Morgan fingerprint density at radius 2 is 1.69 bits per heavy atom. The number of hydrogen-bond acceptors (Lipinski definition) is 5. The Morgan fingerprint density at radius 1 is 0.966 bits per heavy atom. The van der Waals surface area contributed by atoms with Gasteiger partial charge in [-0.15, -0.1) is 0 Å². The number of nitrogens with zero attached hydrogens (tertiary/aromatic N) is 4. The highest BCUT2D eigenvalue weighted by molar-refractivity contribution is 5.78. The molecule has 0 N–H and O–H groups in total. The number of benzene rings is 2. The first-order valence-corrected chi connectivity index (χ1v) is 9.47. The summed E-state index contributed by atoms with van der Waals surface area (Å²) in [4.78, 5) is 25.1. The number of carbonyl (C=O) groups excluding carboxylic acids is 1. The number of ether oxygens (including phenoxy) is 1. The van der Waals surface area contributed by atoms with E-state index < -0.39 is 0 Å². The summed E-state index contributed by atoms with van der Waals surface area (Å²) in [5.74, 6) is 0.919. The Balaban J connectivity index is 1.32. The van der Waals surface area contributed by atoms with Crippen molar-refractivity contribution in [1.29, 1.82) is 0 Å². The SMILES string of the molecule is O=C(COc1ccc(F)cc1)N1CCN(c2cc(-c3ccccc3)ncn2)CC1. The standard InChI is InChI=1S/C22H21FN4O2/c23-18-6-8-19(9-7-18)29-15-22(28)27-12-10-26(11-13-27)21-14-20(24-16-25-21)17-4-2-1-3-5-17/h1-9,14,16H,10-13,15H2. The molecule has 0 bridgehead atoms. The highest BCUT2D eigenvalue weighted by Gasteiger charge is 2.22. The van der Waals surface area contributed by atoms with Gasteiger partial charge in [-0.25, -0.2) is 14.4 Å². The van der Waals surface area contributed by atoms with E-state index in [1.165, 1.54) is 24.3 Å². The zero-order chi connectivity index (χ0) is 20.1. The van der Waals surface area contributed by atoms with Crippen molar-refractivity contribution in [3.63, 3.8) is 0 Å². The Hall–Kier alpha value is -3.48. The molecule has 1 saturated heterocycles. The second kappa shape index (κ2) is 8.68. The lowest BCUT2D eigenvalue weighted by atomic mass is 10.1. The molecule has 148 valence electrons. The van der Waals surface area contributed by atoms with Crippen molar-refractivity contribution < 1.29 is 13.9 Å². The maximum Gasteiger partial charge on any atom is 0.260 e. The third-order valence-corrected chi connectivity index (χ3v) is 4.85. The van der Waals surface area contributed by atoms with Crippen molar-refractivity contribution in [3.05, 3.63) is 72.8 Å². The molecule has 0 unspecified atom stereocenters. The van der Waals surface area contributed by atoms with Crippen LogP contribution < -0.4 is 9.64 Å². The minimum Gasteiger partial charge on any atom is -0.484 e. The molecule has 1 fully saturated rings. The second-order valence-corrected chi connectivity index (χ2v) is 6.74. The van der Waals surface area contributed by atoms with Crippen molar-refractivity contribution in [2.24, 2.45) is 0 Å². The van der Waals surface area contributed by atoms with Crippen LogP contribution in [-0.4, -0.2) is 53.6 Å². The van der Waals surface area contributed by atoms with E-state index in [1.54, 1.807) is 11.2 Å². The van der Waals surface area contributed by atoms with Gasteiger partial charge in [-0.2, -0.15) is 0 Å². The van der Waals surface area contributed by atoms with Crippen LogP contribution in [0.5, 0.6) is 5.75 Å². The monoisotopic (exact) mass is 392 g/mol. The van der Waals surface area contributed by atoms with Crippen LogP contribution in [0.1, 0.15) is 0 Å². The molecule has 29 heavy (non-hydrogen) atoms. The smallest absolute Gasteiger partial charge is 0.260 e. The molecule has 0 atom stereocenters. The predicted molar refractivity (Wildman–Crippen MR) is 108 cm³/mol. The normalized spacial score (nSPS) is 14.0. The third-order valence-electron chi connectivity index (χ3n) is 4.85. The molecule has 0 spiro atoms. The summed E-state index contributed by atoms with van der Waals surface area (Å²) >= 11 is 0. The van der Waals surface area contributed by atoms with Gasteiger partial charge in [-0.3, -0.25) is 4.79 Å². The lowest BCUT2D eigenvalue weighted by Gasteiger charge is -2.35. The molecule has 7 heteroatoms. The molecule has 4 rings (SSSR count). The van der Waals surface area contributed by atoms with E-state index >= 15 is 0 Å². The number of aromatic nitrogens is 2. The van der Waals surface area contributed by atoms with Crippen molar-refractivity contribution in [2.45, 2.75) is 0 Å². The molecule has 1 amide bonds. The highest BCUT2D eigenvalue weighted by Crippen LogP contribution is 2.21. The van der Waals surface area contributed by atoms with E-state index in [2.05, 4.69) is 14.9 Å². The first kappa shape index (κ1) is 18.9. The second-order valence-electron chi connectivity index (χ2n) is 6.74. The Kier molecular flexibility index (Phi) is 5.65. The zero-order valence-corrected chi connectivity index (χ0v) is 15.9. The van der Waals surface area contributed by atoms with Crippen molar-refractivity contribution in [3.8, 4) is 17.0 Å². The fourth-order valence-corrected chi connectivity index (χ4v) is 3.24. The van der Waals surface area contributed by atoms with Gasteiger partial charge in [-0.05, 0) is 24.3 Å². The number of halogens is 1. The summed E-state index contributed by atoms with van der Waals surface area (Å²) in [5.41, 5.74) is 1.92. The van der Waals surface area contributed by atoms with E-state index in [0.717, 1.165) is 17.1 Å². The maximum absolute atomic E-state index is 12.9. The summed E-state index contributed by atoms with van der Waals surface area (Å²) < 4.78 is 18.4. The average molecular weight is 392 g/mol. The van der Waals surface area contributed by atoms with Crippen molar-refractivity contribution >= 4 is 11.7 Å². The van der Waals surface area contributed by atoms with Crippen molar-refractivity contribution in [1.82, 2.24) is 14.9 Å². The van der Waals surface area contributed by atoms with Crippen LogP contribution in [0.25, 0.3) is 11.3 Å². The van der Waals surface area contributed by atoms with Gasteiger partial charge in [0.15, 0.2) is 6.61 Å². The molecule has 0 saturated carbocycles. The zero-order valence-electron chi connectivity index (χ0n) is 15.9. The van der Waals surface area contributed by atoms with Gasteiger partial charge in [0.05, 0.1) is 5.69 Å². The average Bonchev–Trinajstić information content (AvgIpc) is 2.79. The van der Waals surface area contributed by atoms with Crippen LogP contribution in [0.15, 0.2) is 67.0 Å². The fourth-order valence-electron chi connectivity index (χ4n) is 3.24. The van der Waals surface area contributed by atoms with Gasteiger partial charge < -0.3 is 14.5 Å². The number of amides is 1. The summed E-state index contributed by atoms with van der Waals surface area (Å²) in [6.07, 6.45) is 1.58. The van der Waals surface area contributed by atoms with Gasteiger partial charge in [0.1, 0.15) is 23.7 Å². The molecule has 6 nitrogen and oxygen atoms in total. The maximum atomic E-state index is 12.9. The van der Waals surface area contributed by atoms with Gasteiger partial charge in [0.25, 0.3) is 5.91 Å². The van der Waals surface area contributed by atoms with Gasteiger partial charge in [0, 0.05) is 37.8 Å². The van der Waals surface area contributed by atoms with Crippen LogP contribution in [0.3, 0.4) is 0 Å². The number of hydrogen-bond donors (Lipinski definition) is 0. The molecule has 2 heterocycles. The number of piperazine rings is 1. The fraction of sp³-hybridized carbons (Fsp3) is 0.227. The minimum absolute atomic E-state index is 0.0582. The van der Waals surface area contributed by atoms with E-state index in [-0.39, 0.29) is 18.3 Å². The topological polar surface area (TPSA) is 58.6 Å². The highest BCUT2D eigenvalue weighted by atomic mass is 19.1. The summed E-state index contributed by atoms with van der Waals surface area (Å²) in [7, 11) is 0. The summed E-state index contributed by atoms with van der Waals surface area (Å²) in [6.45, 7) is 2.50. The van der Waals surface area contributed by atoms with E-state index in [0.29, 0.717) is 31.9 Å². The molecule has 0 aliphatic carbocycles. The Labute approximate surface area is 168 Å². The Bertz CT molecular complexity index is 958. The van der Waals surface area contributed by atoms with Gasteiger partial charge >= 0.3 is 0 Å². The predicted octanol–water partition coefficient (Wildman–Crippen LogP) is 3.01. The molecule has 0 radical (unpaired) electrons. The van der Waals surface area contributed by atoms with Gasteiger partial charge in [0.2, 0.25) is 0 Å². The Morgan fingerprint density at radius 3 is 2.41 bits per heavy atom. The molecule has 3 aromatic rings. The van der Waals surface area contributed by atoms with E-state index in [4.69, 9.17) is 4.74 Å². The van der Waals surface area contributed by atoms with Gasteiger partial charge in [-0.1, -0.05) is 30.3 Å². The quantitative estimate of drug-likeness (QED) is 0.668. The lowest BCUT2D eigenvalue weighted by molar-refractivity contribution is -0.133. The molecule has 1 aliphatic rings. The molecule has 2 aromatic carbocycles. The van der Waals surface area contributed by atoms with E-state index in [9.17, 15) is 9.18 Å². The first-order chi connectivity index (χ1) is 14.2. The first-order valence-electron chi connectivity index (χ1n) is 9.47. The van der Waals surface area contributed by atoms with Crippen LogP contribution in [0.4, 0.5) is 10.2 Å². The molecule has 1 aliphatic heterocycles. The van der Waals surface area contributed by atoms with Crippen molar-refractivity contribution in [2.75, 3.05) is 37.7 Å². The third kappa shape index (κ3) is 4.68. The number of rotatable bonds is 5.